The summed E-state index contributed by atoms with van der Waals surface area (Å²) in [4.78, 5) is 0. The van der Waals surface area contributed by atoms with Crippen molar-refractivity contribution in [2.45, 2.75) is 52.6 Å². The van der Waals surface area contributed by atoms with Crippen LogP contribution in [-0.4, -0.2) is 29.1 Å². The molecule has 0 fully saturated rings. The zero-order valence-electron chi connectivity index (χ0n) is 18.6. The summed E-state index contributed by atoms with van der Waals surface area (Å²) >= 11 is 0. The number of nitrogens with zero attached hydrogens (tertiary/aromatic N) is 1. The molecule has 0 saturated carbocycles. The van der Waals surface area contributed by atoms with E-state index >= 15 is 0 Å². The van der Waals surface area contributed by atoms with Crippen molar-refractivity contribution in [3.63, 3.8) is 0 Å². The molecule has 0 radical (unpaired) electrons. The summed E-state index contributed by atoms with van der Waals surface area (Å²) in [5.74, 6) is 10.2. The Bertz CT molecular complexity index is 1050. The first-order valence-electron chi connectivity index (χ1n) is 10.3. The third-order valence-electron chi connectivity index (χ3n) is 5.94. The van der Waals surface area contributed by atoms with Gasteiger partial charge < -0.3 is 14.6 Å². The third kappa shape index (κ3) is 4.86. The minimum absolute atomic E-state index is 0.311. The first-order chi connectivity index (χ1) is 14.8. The Balaban J connectivity index is 1.61. The number of ether oxygens (including phenoxy) is 2. The number of rotatable bonds is 5. The number of guanidine groups is 1. The molecule has 1 atom stereocenters. The number of nitrogens with two attached hydrogens (primary N) is 1. The van der Waals surface area contributed by atoms with Crippen molar-refractivity contribution in [3.05, 3.63) is 53.1 Å². The minimum Gasteiger partial charge on any atom is -0.507 e. The predicted molar refractivity (Wildman–Crippen MR) is 125 cm³/mol. The van der Waals surface area contributed by atoms with Gasteiger partial charge in [0.05, 0.1) is 6.61 Å². The van der Waals surface area contributed by atoms with Gasteiger partial charge in [-0.3, -0.25) is 0 Å². The number of hydrogen-bond donors (Lipinski definition) is 4. The van der Waals surface area contributed by atoms with Gasteiger partial charge in [-0.15, -0.1) is 0 Å². The topological polar surface area (TPSA) is 103 Å². The number of hydrogen-bond acceptors (Lipinski definition) is 4. The van der Waals surface area contributed by atoms with Crippen LogP contribution in [0, 0.1) is 20.8 Å². The number of nitrogens with one attached hydrogen (secondary N) is 2. The molecule has 2 aromatic carbocycles. The van der Waals surface area contributed by atoms with Gasteiger partial charge in [0, 0.05) is 12.0 Å². The van der Waals surface area contributed by atoms with E-state index in [2.05, 4.69) is 34.8 Å². The number of anilines is 1. The molecule has 7 nitrogen and oxygen atoms in total. The van der Waals surface area contributed by atoms with Crippen molar-refractivity contribution >= 4 is 17.5 Å². The van der Waals surface area contributed by atoms with Crippen LogP contribution in [0.4, 0.5) is 5.69 Å². The van der Waals surface area contributed by atoms with Gasteiger partial charge in [0.25, 0.3) is 0 Å². The van der Waals surface area contributed by atoms with Gasteiger partial charge >= 0.3 is 5.96 Å². The summed E-state index contributed by atoms with van der Waals surface area (Å²) < 4.78 is 16.3. The highest BCUT2D eigenvalue weighted by atomic mass is 16.5. The summed E-state index contributed by atoms with van der Waals surface area (Å²) in [6, 6.07) is 7.52. The molecule has 3 rings (SSSR count). The molecule has 0 aliphatic carbocycles. The number of phenolic OH excluding ortho intramolecular Hbond substituents is 1. The second-order valence-electron chi connectivity index (χ2n) is 8.09. The fraction of sp³-hybridized carbons (Fsp3) is 0.375. The maximum Gasteiger partial charge on any atom is 0.469 e. The van der Waals surface area contributed by atoms with Crippen molar-refractivity contribution in [2.75, 3.05) is 11.9 Å². The Kier molecular flexibility index (Phi) is 6.62. The largest absolute Gasteiger partial charge is 0.507 e. The highest BCUT2D eigenvalue weighted by Crippen LogP contribution is 2.44. The van der Waals surface area contributed by atoms with E-state index in [1.54, 1.807) is 0 Å². The van der Waals surface area contributed by atoms with Gasteiger partial charge in [-0.1, -0.05) is 0 Å². The number of aromatic hydroxyl groups is 1. The van der Waals surface area contributed by atoms with Gasteiger partial charge in [0.2, 0.25) is 0 Å². The first-order valence-corrected chi connectivity index (χ1v) is 10.3. The molecule has 164 valence electrons. The van der Waals surface area contributed by atoms with Crippen LogP contribution in [0.3, 0.4) is 0 Å². The van der Waals surface area contributed by atoms with Crippen molar-refractivity contribution < 1.29 is 14.6 Å². The standard InChI is InChI=1S/C24H30N4O3/c1-6-26-23(28-25)27-18-7-9-19(10-8-18)30-14-13-24(5)12-11-20-17(4)21(29)15(2)16(3)22(20)31-24/h7-10H,1,11-14,25H2,2-5H3,(H2,27,28,29)/p+1. The van der Waals surface area contributed by atoms with Crippen LogP contribution in [0.2, 0.25) is 0 Å². The maximum atomic E-state index is 10.3. The summed E-state index contributed by atoms with van der Waals surface area (Å²) in [7, 11) is 0. The Labute approximate surface area is 183 Å². The maximum absolute atomic E-state index is 10.3. The van der Waals surface area contributed by atoms with E-state index < -0.39 is 0 Å². The van der Waals surface area contributed by atoms with E-state index in [9.17, 15) is 5.11 Å². The smallest absolute Gasteiger partial charge is 0.469 e. The molecule has 0 bridgehead atoms. The van der Waals surface area contributed by atoms with Crippen LogP contribution in [0.5, 0.6) is 17.2 Å². The van der Waals surface area contributed by atoms with Crippen LogP contribution in [0.1, 0.15) is 42.0 Å². The fourth-order valence-electron chi connectivity index (χ4n) is 3.80. The number of benzene rings is 2. The molecule has 0 aromatic heterocycles. The van der Waals surface area contributed by atoms with Gasteiger partial charge in [-0.25, -0.2) is 5.32 Å². The zero-order valence-corrected chi connectivity index (χ0v) is 18.6. The lowest BCUT2D eigenvalue weighted by Crippen LogP contribution is -2.38. The van der Waals surface area contributed by atoms with Crippen LogP contribution in [-0.2, 0) is 6.42 Å². The summed E-state index contributed by atoms with van der Waals surface area (Å²) in [6.45, 7) is 12.0. The lowest BCUT2D eigenvalue weighted by Gasteiger charge is -2.38. The van der Waals surface area contributed by atoms with Gasteiger partial charge in [0.15, 0.2) is 0 Å². The first kappa shape index (κ1) is 22.3. The van der Waals surface area contributed by atoms with E-state index in [-0.39, 0.29) is 5.60 Å². The molecule has 0 spiro atoms. The Hall–Kier alpha value is -3.37. The summed E-state index contributed by atoms with van der Waals surface area (Å²) in [6.07, 6.45) is 2.52. The van der Waals surface area contributed by atoms with Gasteiger partial charge in [-0.05, 0) is 88.1 Å². The van der Waals surface area contributed by atoms with E-state index in [4.69, 9.17) is 15.3 Å². The molecule has 5 N–H and O–H groups in total. The molecule has 1 heterocycles. The van der Waals surface area contributed by atoms with Crippen molar-refractivity contribution in [1.82, 2.24) is 10.1 Å². The zero-order chi connectivity index (χ0) is 22.6. The number of fused-ring (bicyclic) bond motifs is 1. The SMILES string of the molecule is C=C=[N+]=C(NN)Nc1ccc(OCCC2(C)CCc3c(C)c(O)c(C)c(C)c3O2)cc1. The summed E-state index contributed by atoms with van der Waals surface area (Å²) in [5.41, 5.74) is 6.87. The number of phenols is 1. The Morgan fingerprint density at radius 2 is 1.97 bits per heavy atom. The highest BCUT2D eigenvalue weighted by molar-refractivity contribution is 5.93. The van der Waals surface area contributed by atoms with Gasteiger partial charge in [-0.2, -0.15) is 15.9 Å². The van der Waals surface area contributed by atoms with Crippen LogP contribution < -0.4 is 30.7 Å². The fourth-order valence-corrected chi connectivity index (χ4v) is 3.80. The van der Waals surface area contributed by atoms with Crippen molar-refractivity contribution in [2.24, 2.45) is 5.84 Å². The molecular weight excluding hydrogens is 392 g/mol. The lowest BCUT2D eigenvalue weighted by atomic mass is 9.86. The van der Waals surface area contributed by atoms with E-state index in [1.807, 2.05) is 45.0 Å². The molecule has 1 aliphatic heterocycles. The van der Waals surface area contributed by atoms with Crippen LogP contribution in [0.25, 0.3) is 0 Å². The second kappa shape index (κ2) is 9.19. The van der Waals surface area contributed by atoms with E-state index in [0.29, 0.717) is 18.3 Å². The molecular formula is C24H31N4O3+. The molecule has 0 saturated heterocycles. The third-order valence-corrected chi connectivity index (χ3v) is 5.94. The molecule has 7 heteroatoms. The Morgan fingerprint density at radius 1 is 1.26 bits per heavy atom. The quantitative estimate of drug-likeness (QED) is 0.194. The Morgan fingerprint density at radius 3 is 2.61 bits per heavy atom. The normalized spacial score (nSPS) is 16.9. The predicted octanol–water partition coefficient (Wildman–Crippen LogP) is 3.02. The minimum atomic E-state index is -0.311. The van der Waals surface area contributed by atoms with Crippen LogP contribution >= 0.6 is 0 Å². The molecule has 0 amide bonds. The van der Waals surface area contributed by atoms with E-state index in [0.717, 1.165) is 58.7 Å². The molecule has 1 unspecified atom stereocenters. The molecule has 2 aromatic rings. The monoisotopic (exact) mass is 423 g/mol. The van der Waals surface area contributed by atoms with Gasteiger partial charge in [0.1, 0.15) is 34.4 Å². The average Bonchev–Trinajstić information content (AvgIpc) is 2.77. The van der Waals surface area contributed by atoms with Crippen LogP contribution in [0.15, 0.2) is 30.8 Å². The number of hydrazine groups is 1. The second-order valence-corrected chi connectivity index (χ2v) is 8.09. The lowest BCUT2D eigenvalue weighted by molar-refractivity contribution is 0.0412. The average molecular weight is 424 g/mol. The van der Waals surface area contributed by atoms with Crippen molar-refractivity contribution in [1.29, 1.82) is 0 Å². The summed E-state index contributed by atoms with van der Waals surface area (Å²) in [5, 5.41) is 13.4. The molecule has 1 aliphatic rings. The molecule has 31 heavy (non-hydrogen) atoms. The van der Waals surface area contributed by atoms with E-state index in [1.165, 1.54) is 0 Å². The highest BCUT2D eigenvalue weighted by Gasteiger charge is 2.34. The van der Waals surface area contributed by atoms with Crippen molar-refractivity contribution in [3.8, 4) is 17.2 Å².